The van der Waals surface area contributed by atoms with Crippen LogP contribution in [0.1, 0.15) is 11.6 Å². The Morgan fingerprint density at radius 1 is 1.04 bits per heavy atom. The molecule has 0 aliphatic carbocycles. The number of pyridine rings is 1. The van der Waals surface area contributed by atoms with E-state index >= 15 is 0 Å². The first-order valence-corrected chi connectivity index (χ1v) is 7.95. The lowest BCUT2D eigenvalue weighted by molar-refractivity contribution is -0.120. The topological polar surface area (TPSA) is 71.6 Å². The summed E-state index contributed by atoms with van der Waals surface area (Å²) >= 11 is 0. The Morgan fingerprint density at radius 2 is 1.80 bits per heavy atom. The van der Waals surface area contributed by atoms with E-state index in [9.17, 15) is 10.1 Å². The van der Waals surface area contributed by atoms with Crippen molar-refractivity contribution >= 4 is 27.6 Å². The number of carbonyl (C=O) groups excluding carboxylic acids is 1. The van der Waals surface area contributed by atoms with E-state index in [1.807, 2.05) is 54.6 Å². The third-order valence-electron chi connectivity index (χ3n) is 4.22. The van der Waals surface area contributed by atoms with E-state index in [0.29, 0.717) is 5.69 Å². The number of carbonyl (C=O) groups is 1. The summed E-state index contributed by atoms with van der Waals surface area (Å²) in [7, 11) is 0. The SMILES string of the molecule is N#C[C@@H](C(=O)Cn1ncc2ccccc21)c1ccc2ccccc2n1. The number of fused-ring (bicyclic) bond motifs is 2. The van der Waals surface area contributed by atoms with Crippen LogP contribution in [0.2, 0.25) is 0 Å². The van der Waals surface area contributed by atoms with E-state index < -0.39 is 5.92 Å². The van der Waals surface area contributed by atoms with Crippen molar-refractivity contribution in [3.8, 4) is 6.07 Å². The van der Waals surface area contributed by atoms with Crippen LogP contribution in [0.5, 0.6) is 0 Å². The number of Topliss-reactive ketones (excluding diaryl/α,β-unsaturated/α-hetero) is 1. The van der Waals surface area contributed by atoms with E-state index in [1.54, 1.807) is 16.9 Å². The zero-order chi connectivity index (χ0) is 17.2. The Kier molecular flexibility index (Phi) is 3.71. The molecule has 4 rings (SSSR count). The lowest BCUT2D eigenvalue weighted by atomic mass is 10.00. The van der Waals surface area contributed by atoms with Crippen LogP contribution in [-0.4, -0.2) is 20.5 Å². The summed E-state index contributed by atoms with van der Waals surface area (Å²) in [5.41, 5.74) is 2.12. The molecule has 0 aliphatic heterocycles. The molecule has 0 aliphatic rings. The summed E-state index contributed by atoms with van der Waals surface area (Å²) < 4.78 is 1.63. The highest BCUT2D eigenvalue weighted by atomic mass is 16.1. The Balaban J connectivity index is 1.65. The number of benzene rings is 2. The van der Waals surface area contributed by atoms with Gasteiger partial charge in [0.1, 0.15) is 12.5 Å². The molecule has 0 saturated carbocycles. The van der Waals surface area contributed by atoms with Gasteiger partial charge in [0.25, 0.3) is 0 Å². The van der Waals surface area contributed by atoms with Crippen molar-refractivity contribution in [1.29, 1.82) is 5.26 Å². The fourth-order valence-corrected chi connectivity index (χ4v) is 2.94. The van der Waals surface area contributed by atoms with Crippen LogP contribution in [0.25, 0.3) is 21.8 Å². The highest BCUT2D eigenvalue weighted by Crippen LogP contribution is 2.20. The van der Waals surface area contributed by atoms with Gasteiger partial charge in [0.2, 0.25) is 0 Å². The molecule has 0 unspecified atom stereocenters. The summed E-state index contributed by atoms with van der Waals surface area (Å²) in [6, 6.07) is 21.0. The van der Waals surface area contributed by atoms with Gasteiger partial charge in [-0.25, -0.2) is 0 Å². The minimum atomic E-state index is -0.910. The second-order valence-corrected chi connectivity index (χ2v) is 5.82. The molecule has 2 aromatic heterocycles. The molecule has 120 valence electrons. The van der Waals surface area contributed by atoms with Crippen molar-refractivity contribution in [1.82, 2.24) is 14.8 Å². The molecule has 2 heterocycles. The summed E-state index contributed by atoms with van der Waals surface area (Å²) in [6.07, 6.45) is 1.72. The maximum Gasteiger partial charge on any atom is 0.177 e. The minimum absolute atomic E-state index is 0.0419. The number of hydrogen-bond acceptors (Lipinski definition) is 4. The molecule has 0 N–H and O–H groups in total. The lowest BCUT2D eigenvalue weighted by Gasteiger charge is -2.09. The molecule has 2 aromatic carbocycles. The van der Waals surface area contributed by atoms with Gasteiger partial charge in [0.05, 0.1) is 29.0 Å². The number of nitriles is 1. The van der Waals surface area contributed by atoms with Crippen molar-refractivity contribution in [3.05, 3.63) is 72.6 Å². The van der Waals surface area contributed by atoms with Crippen molar-refractivity contribution in [3.63, 3.8) is 0 Å². The number of rotatable bonds is 4. The van der Waals surface area contributed by atoms with E-state index in [1.165, 1.54) is 0 Å². The van der Waals surface area contributed by atoms with E-state index in [2.05, 4.69) is 16.2 Å². The second kappa shape index (κ2) is 6.17. The molecular formula is C20H14N4O. The van der Waals surface area contributed by atoms with Gasteiger partial charge >= 0.3 is 0 Å². The number of para-hydroxylation sites is 2. The molecule has 0 spiro atoms. The average molecular weight is 326 g/mol. The quantitative estimate of drug-likeness (QED) is 0.576. The smallest absolute Gasteiger partial charge is 0.177 e. The third-order valence-corrected chi connectivity index (χ3v) is 4.22. The van der Waals surface area contributed by atoms with Crippen LogP contribution < -0.4 is 0 Å². The summed E-state index contributed by atoms with van der Waals surface area (Å²) in [5.74, 6) is -1.13. The largest absolute Gasteiger partial charge is 0.296 e. The van der Waals surface area contributed by atoms with Gasteiger partial charge in [0, 0.05) is 10.8 Å². The van der Waals surface area contributed by atoms with Crippen LogP contribution in [-0.2, 0) is 11.3 Å². The minimum Gasteiger partial charge on any atom is -0.296 e. The zero-order valence-electron chi connectivity index (χ0n) is 13.3. The van der Waals surface area contributed by atoms with Gasteiger partial charge in [-0.3, -0.25) is 14.5 Å². The van der Waals surface area contributed by atoms with Crippen LogP contribution in [0.4, 0.5) is 0 Å². The Morgan fingerprint density at radius 3 is 2.64 bits per heavy atom. The standard InChI is InChI=1S/C20H14N4O/c21-11-16(18-10-9-14-5-1-3-7-17(14)23-18)20(25)13-24-19-8-4-2-6-15(19)12-22-24/h1-10,12,16H,13H2/t16-/m1/s1. The molecule has 0 radical (unpaired) electrons. The Hall–Kier alpha value is -3.52. The molecule has 5 nitrogen and oxygen atoms in total. The first-order valence-electron chi connectivity index (χ1n) is 7.95. The van der Waals surface area contributed by atoms with Crippen LogP contribution in [0, 0.1) is 11.3 Å². The van der Waals surface area contributed by atoms with E-state index in [4.69, 9.17) is 0 Å². The summed E-state index contributed by atoms with van der Waals surface area (Å²) in [5, 5.41) is 15.7. The van der Waals surface area contributed by atoms with Gasteiger partial charge < -0.3 is 0 Å². The predicted octanol–water partition coefficient (Wildman–Crippen LogP) is 3.46. The lowest BCUT2D eigenvalue weighted by Crippen LogP contribution is -2.19. The maximum absolute atomic E-state index is 12.7. The molecule has 5 heteroatoms. The van der Waals surface area contributed by atoms with Gasteiger partial charge in [0.15, 0.2) is 5.78 Å². The molecule has 25 heavy (non-hydrogen) atoms. The number of nitrogens with zero attached hydrogens (tertiary/aromatic N) is 4. The number of aromatic nitrogens is 3. The molecule has 0 saturated heterocycles. The molecule has 0 amide bonds. The van der Waals surface area contributed by atoms with Crippen molar-refractivity contribution < 1.29 is 4.79 Å². The third kappa shape index (κ3) is 2.74. The molecule has 1 atom stereocenters. The van der Waals surface area contributed by atoms with Gasteiger partial charge in [-0.05, 0) is 18.2 Å². The molecule has 4 aromatic rings. The second-order valence-electron chi connectivity index (χ2n) is 5.82. The fourth-order valence-electron chi connectivity index (χ4n) is 2.94. The van der Waals surface area contributed by atoms with Gasteiger partial charge in [-0.1, -0.05) is 42.5 Å². The average Bonchev–Trinajstić information content (AvgIpc) is 3.05. The van der Waals surface area contributed by atoms with E-state index in [0.717, 1.165) is 21.8 Å². The Bertz CT molecular complexity index is 1120. The molecule has 0 bridgehead atoms. The zero-order valence-corrected chi connectivity index (χ0v) is 13.3. The van der Waals surface area contributed by atoms with Crippen molar-refractivity contribution in [2.24, 2.45) is 0 Å². The predicted molar refractivity (Wildman–Crippen MR) is 94.8 cm³/mol. The van der Waals surface area contributed by atoms with Crippen molar-refractivity contribution in [2.75, 3.05) is 0 Å². The highest BCUT2D eigenvalue weighted by molar-refractivity contribution is 5.90. The summed E-state index contributed by atoms with van der Waals surface area (Å²) in [4.78, 5) is 17.2. The Labute approximate surface area is 144 Å². The summed E-state index contributed by atoms with van der Waals surface area (Å²) in [6.45, 7) is 0.0419. The van der Waals surface area contributed by atoms with Crippen LogP contribution in [0.15, 0.2) is 66.9 Å². The first kappa shape index (κ1) is 15.0. The van der Waals surface area contributed by atoms with Crippen LogP contribution >= 0.6 is 0 Å². The fraction of sp³-hybridized carbons (Fsp3) is 0.100. The van der Waals surface area contributed by atoms with E-state index in [-0.39, 0.29) is 12.3 Å². The normalized spacial score (nSPS) is 12.1. The van der Waals surface area contributed by atoms with Crippen molar-refractivity contribution in [2.45, 2.75) is 12.5 Å². The maximum atomic E-state index is 12.7. The first-order chi connectivity index (χ1) is 12.3. The molecular weight excluding hydrogens is 312 g/mol. The number of ketones is 1. The van der Waals surface area contributed by atoms with Crippen LogP contribution in [0.3, 0.4) is 0 Å². The van der Waals surface area contributed by atoms with Gasteiger partial charge in [-0.15, -0.1) is 0 Å². The van der Waals surface area contributed by atoms with Gasteiger partial charge in [-0.2, -0.15) is 10.4 Å². The number of hydrogen-bond donors (Lipinski definition) is 0. The monoisotopic (exact) mass is 326 g/mol. The molecule has 0 fully saturated rings. The highest BCUT2D eigenvalue weighted by Gasteiger charge is 2.23.